The van der Waals surface area contributed by atoms with Crippen LogP contribution in [0.5, 0.6) is 5.75 Å². The number of rotatable bonds is 6. The predicted molar refractivity (Wildman–Crippen MR) is 87.4 cm³/mol. The molecule has 1 unspecified atom stereocenters. The Hall–Kier alpha value is -1.29. The van der Waals surface area contributed by atoms with Crippen LogP contribution >= 0.6 is 23.2 Å². The monoisotopic (exact) mass is 324 g/mol. The van der Waals surface area contributed by atoms with E-state index < -0.39 is 0 Å². The van der Waals surface area contributed by atoms with Crippen molar-refractivity contribution >= 4 is 23.2 Å². The topological polar surface area (TPSA) is 34.2 Å². The standard InChI is InChI=1S/C16H18Cl2N2O/c1-3-8-19-15(12-10-11(17)6-7-13(12)18)16-14(21-2)5-4-9-20-16/h4-7,9-10,15,19H,3,8H2,1-2H3. The van der Waals surface area contributed by atoms with Gasteiger partial charge in [-0.1, -0.05) is 30.1 Å². The first-order chi connectivity index (χ1) is 10.2. The van der Waals surface area contributed by atoms with E-state index in [1.807, 2.05) is 18.2 Å². The highest BCUT2D eigenvalue weighted by atomic mass is 35.5. The second kappa shape index (κ2) is 7.64. The molecule has 0 radical (unpaired) electrons. The summed E-state index contributed by atoms with van der Waals surface area (Å²) >= 11 is 12.5. The highest BCUT2D eigenvalue weighted by molar-refractivity contribution is 6.33. The highest BCUT2D eigenvalue weighted by Gasteiger charge is 2.21. The molecule has 0 saturated carbocycles. The van der Waals surface area contributed by atoms with E-state index in [-0.39, 0.29) is 6.04 Å². The van der Waals surface area contributed by atoms with Gasteiger partial charge in [0.15, 0.2) is 0 Å². The van der Waals surface area contributed by atoms with Gasteiger partial charge in [-0.05, 0) is 48.9 Å². The first kappa shape index (κ1) is 16.1. The lowest BCUT2D eigenvalue weighted by molar-refractivity contribution is 0.400. The van der Waals surface area contributed by atoms with Gasteiger partial charge in [0.05, 0.1) is 13.2 Å². The molecule has 1 heterocycles. The van der Waals surface area contributed by atoms with Crippen LogP contribution in [-0.4, -0.2) is 18.6 Å². The fourth-order valence-electron chi connectivity index (χ4n) is 2.17. The second-order valence-electron chi connectivity index (χ2n) is 4.64. The molecule has 1 N–H and O–H groups in total. The van der Waals surface area contributed by atoms with Gasteiger partial charge in [-0.2, -0.15) is 0 Å². The molecule has 5 heteroatoms. The summed E-state index contributed by atoms with van der Waals surface area (Å²) in [6.45, 7) is 2.95. The molecule has 0 aliphatic heterocycles. The molecule has 21 heavy (non-hydrogen) atoms. The Labute approximate surface area is 135 Å². The van der Waals surface area contributed by atoms with Crippen LogP contribution in [0.15, 0.2) is 36.5 Å². The summed E-state index contributed by atoms with van der Waals surface area (Å²) < 4.78 is 5.42. The number of aromatic nitrogens is 1. The quantitative estimate of drug-likeness (QED) is 0.850. The van der Waals surface area contributed by atoms with E-state index >= 15 is 0 Å². The van der Waals surface area contributed by atoms with Crippen molar-refractivity contribution in [3.63, 3.8) is 0 Å². The number of benzene rings is 1. The number of ether oxygens (including phenoxy) is 1. The molecule has 112 valence electrons. The van der Waals surface area contributed by atoms with Gasteiger partial charge in [0.1, 0.15) is 11.4 Å². The van der Waals surface area contributed by atoms with Gasteiger partial charge in [-0.25, -0.2) is 0 Å². The molecule has 0 spiro atoms. The van der Waals surface area contributed by atoms with Gasteiger partial charge in [-0.15, -0.1) is 0 Å². The normalized spacial score (nSPS) is 12.2. The minimum atomic E-state index is -0.160. The van der Waals surface area contributed by atoms with Crippen molar-refractivity contribution in [2.45, 2.75) is 19.4 Å². The van der Waals surface area contributed by atoms with E-state index in [0.29, 0.717) is 10.0 Å². The Morgan fingerprint density at radius 2 is 2.10 bits per heavy atom. The largest absolute Gasteiger partial charge is 0.495 e. The molecular formula is C16H18Cl2N2O. The predicted octanol–water partition coefficient (Wildman–Crippen LogP) is 4.49. The lowest BCUT2D eigenvalue weighted by atomic mass is 10.0. The lowest BCUT2D eigenvalue weighted by Crippen LogP contribution is -2.25. The zero-order valence-corrected chi connectivity index (χ0v) is 13.6. The van der Waals surface area contributed by atoms with Gasteiger partial charge < -0.3 is 10.1 Å². The lowest BCUT2D eigenvalue weighted by Gasteiger charge is -2.21. The summed E-state index contributed by atoms with van der Waals surface area (Å²) in [5.41, 5.74) is 1.70. The van der Waals surface area contributed by atoms with Crippen LogP contribution < -0.4 is 10.1 Å². The Balaban J connectivity index is 2.49. The first-order valence-electron chi connectivity index (χ1n) is 6.84. The third-order valence-electron chi connectivity index (χ3n) is 3.16. The van der Waals surface area contributed by atoms with E-state index in [0.717, 1.165) is 30.0 Å². The number of nitrogens with one attached hydrogen (secondary N) is 1. The molecule has 2 rings (SSSR count). The number of methoxy groups -OCH3 is 1. The Morgan fingerprint density at radius 1 is 1.29 bits per heavy atom. The molecule has 0 aliphatic carbocycles. The van der Waals surface area contributed by atoms with Crippen molar-refractivity contribution in [2.24, 2.45) is 0 Å². The molecule has 0 saturated heterocycles. The Morgan fingerprint density at radius 3 is 2.81 bits per heavy atom. The summed E-state index contributed by atoms with van der Waals surface area (Å²) in [6.07, 6.45) is 2.75. The van der Waals surface area contributed by atoms with Gasteiger partial charge in [0.2, 0.25) is 0 Å². The van der Waals surface area contributed by atoms with Crippen LogP contribution in [0.1, 0.15) is 30.6 Å². The maximum atomic E-state index is 6.35. The second-order valence-corrected chi connectivity index (χ2v) is 5.49. The van der Waals surface area contributed by atoms with Crippen molar-refractivity contribution in [1.82, 2.24) is 10.3 Å². The number of hydrogen-bond acceptors (Lipinski definition) is 3. The molecule has 0 fully saturated rings. The number of halogens is 2. The summed E-state index contributed by atoms with van der Waals surface area (Å²) in [4.78, 5) is 4.46. The van der Waals surface area contributed by atoms with Crippen molar-refractivity contribution in [3.8, 4) is 5.75 Å². The minimum absolute atomic E-state index is 0.160. The van der Waals surface area contributed by atoms with Crippen LogP contribution in [0.4, 0.5) is 0 Å². The van der Waals surface area contributed by atoms with E-state index in [1.165, 1.54) is 0 Å². The van der Waals surface area contributed by atoms with Gasteiger partial charge >= 0.3 is 0 Å². The zero-order chi connectivity index (χ0) is 15.2. The van der Waals surface area contributed by atoms with Crippen LogP contribution in [0, 0.1) is 0 Å². The van der Waals surface area contributed by atoms with Gasteiger partial charge in [0, 0.05) is 16.2 Å². The van der Waals surface area contributed by atoms with Crippen molar-refractivity contribution in [2.75, 3.05) is 13.7 Å². The van der Waals surface area contributed by atoms with Gasteiger partial charge in [0.25, 0.3) is 0 Å². The third-order valence-corrected chi connectivity index (χ3v) is 3.74. The maximum Gasteiger partial charge on any atom is 0.142 e. The van der Waals surface area contributed by atoms with Crippen molar-refractivity contribution < 1.29 is 4.74 Å². The molecule has 0 bridgehead atoms. The fourth-order valence-corrected chi connectivity index (χ4v) is 2.58. The van der Waals surface area contributed by atoms with Crippen LogP contribution in [0.25, 0.3) is 0 Å². The van der Waals surface area contributed by atoms with Crippen LogP contribution in [-0.2, 0) is 0 Å². The fraction of sp³-hybridized carbons (Fsp3) is 0.312. The number of nitrogens with zero attached hydrogens (tertiary/aromatic N) is 1. The molecule has 3 nitrogen and oxygen atoms in total. The van der Waals surface area contributed by atoms with Crippen molar-refractivity contribution in [3.05, 3.63) is 57.8 Å². The summed E-state index contributed by atoms with van der Waals surface area (Å²) in [6, 6.07) is 9.02. The van der Waals surface area contributed by atoms with Crippen LogP contribution in [0.3, 0.4) is 0 Å². The maximum absolute atomic E-state index is 6.35. The first-order valence-corrected chi connectivity index (χ1v) is 7.60. The highest BCUT2D eigenvalue weighted by Crippen LogP contribution is 2.33. The Bertz CT molecular complexity index is 605. The molecule has 1 atom stereocenters. The summed E-state index contributed by atoms with van der Waals surface area (Å²) in [5, 5.41) is 4.76. The minimum Gasteiger partial charge on any atom is -0.495 e. The third kappa shape index (κ3) is 3.88. The average Bonchev–Trinajstić information content (AvgIpc) is 2.51. The van der Waals surface area contributed by atoms with Crippen molar-refractivity contribution in [1.29, 1.82) is 0 Å². The van der Waals surface area contributed by atoms with E-state index in [2.05, 4.69) is 17.2 Å². The Kier molecular flexibility index (Phi) is 5.85. The summed E-state index contributed by atoms with van der Waals surface area (Å²) in [5.74, 6) is 0.724. The molecule has 2 aromatic rings. The van der Waals surface area contributed by atoms with E-state index in [9.17, 15) is 0 Å². The molecule has 1 aromatic heterocycles. The molecular weight excluding hydrogens is 307 g/mol. The SMILES string of the molecule is CCCNC(c1cc(Cl)ccc1Cl)c1ncccc1OC. The molecule has 0 amide bonds. The molecule has 0 aliphatic rings. The molecule has 1 aromatic carbocycles. The van der Waals surface area contributed by atoms with E-state index in [1.54, 1.807) is 25.4 Å². The van der Waals surface area contributed by atoms with E-state index in [4.69, 9.17) is 27.9 Å². The zero-order valence-electron chi connectivity index (χ0n) is 12.1. The number of pyridine rings is 1. The van der Waals surface area contributed by atoms with Crippen LogP contribution in [0.2, 0.25) is 10.0 Å². The average molecular weight is 325 g/mol. The summed E-state index contributed by atoms with van der Waals surface area (Å²) in [7, 11) is 1.64. The van der Waals surface area contributed by atoms with Gasteiger partial charge in [-0.3, -0.25) is 4.98 Å². The number of hydrogen-bond donors (Lipinski definition) is 1. The smallest absolute Gasteiger partial charge is 0.142 e.